The molecular weight excluding hydrogens is 533 g/mol. The van der Waals surface area contributed by atoms with Gasteiger partial charge in [-0.25, -0.2) is 9.55 Å². The zero-order chi connectivity index (χ0) is 28.3. The van der Waals surface area contributed by atoms with Gasteiger partial charge in [-0.2, -0.15) is 15.3 Å². The minimum atomic E-state index is -4.25. The van der Waals surface area contributed by atoms with Gasteiger partial charge in [0, 0.05) is 0 Å². The van der Waals surface area contributed by atoms with Crippen LogP contribution in [0.2, 0.25) is 0 Å². The van der Waals surface area contributed by atoms with Crippen LogP contribution >= 0.6 is 7.75 Å². The number of nitriles is 1. The lowest BCUT2D eigenvalue weighted by atomic mass is 10.0. The number of nitrogens with two attached hydrogens (primary N) is 1. The van der Waals surface area contributed by atoms with Crippen LogP contribution < -0.4 is 20.9 Å². The number of carbonyl (C=O) groups excluding carboxylic acids is 1. The molecule has 2 aromatic heterocycles. The summed E-state index contributed by atoms with van der Waals surface area (Å²) in [6.45, 7) is 4.28. The highest BCUT2D eigenvalue weighted by atomic mass is 31.2. The maximum absolute atomic E-state index is 13.7. The van der Waals surface area contributed by atoms with Crippen molar-refractivity contribution >= 4 is 30.8 Å². The summed E-state index contributed by atoms with van der Waals surface area (Å²) in [6, 6.07) is 9.03. The van der Waals surface area contributed by atoms with Gasteiger partial charge in [-0.1, -0.05) is 18.2 Å². The number of aromatic nitrogens is 4. The Bertz CT molecular complexity index is 1470. The Labute approximate surface area is 222 Å². The number of hydrogen-bond acceptors (Lipinski definition) is 12. The van der Waals surface area contributed by atoms with Gasteiger partial charge in [0.2, 0.25) is 5.95 Å². The normalized spacial score (nSPS) is 23.3. The number of nitrogens with one attached hydrogen (secondary N) is 2. The molecule has 3 heterocycles. The van der Waals surface area contributed by atoms with Crippen LogP contribution in [0.1, 0.15) is 27.0 Å². The lowest BCUT2D eigenvalue weighted by Gasteiger charge is -2.25. The number of hydrogen-bond donors (Lipinski definition) is 4. The number of aliphatic hydroxyl groups is 1. The molecule has 0 saturated carbocycles. The van der Waals surface area contributed by atoms with E-state index in [-0.39, 0.29) is 22.9 Å². The lowest BCUT2D eigenvalue weighted by Crippen LogP contribution is -2.37. The third kappa shape index (κ3) is 6.27. The van der Waals surface area contributed by atoms with Crippen molar-refractivity contribution in [3.8, 4) is 11.8 Å². The quantitative estimate of drug-likeness (QED) is 0.202. The van der Waals surface area contributed by atoms with Gasteiger partial charge in [-0.15, -0.1) is 0 Å². The Morgan fingerprint density at radius 3 is 2.74 bits per heavy atom. The van der Waals surface area contributed by atoms with Crippen molar-refractivity contribution in [2.45, 2.75) is 51.4 Å². The van der Waals surface area contributed by atoms with Crippen molar-refractivity contribution in [2.75, 3.05) is 12.3 Å². The number of carbonyl (C=O) groups is 1. The second-order valence-electron chi connectivity index (χ2n) is 9.02. The molecule has 5 N–H and O–H groups in total. The number of nitrogens with zero attached hydrogens (tertiary/aromatic N) is 4. The zero-order valence-corrected chi connectivity index (χ0v) is 22.1. The second-order valence-corrected chi connectivity index (χ2v) is 10.7. The third-order valence-electron chi connectivity index (χ3n) is 5.68. The third-order valence-corrected chi connectivity index (χ3v) is 7.32. The van der Waals surface area contributed by atoms with Crippen molar-refractivity contribution < 1.29 is 33.0 Å². The van der Waals surface area contributed by atoms with Crippen LogP contribution in [0.5, 0.6) is 5.75 Å². The number of rotatable bonds is 10. The van der Waals surface area contributed by atoms with Crippen LogP contribution in [0.15, 0.2) is 41.5 Å². The molecule has 0 bridgehead atoms. The highest BCUT2D eigenvalue weighted by Crippen LogP contribution is 2.46. The van der Waals surface area contributed by atoms with Crippen LogP contribution in [-0.4, -0.2) is 61.6 Å². The molecule has 0 amide bonds. The van der Waals surface area contributed by atoms with Crippen LogP contribution in [0, 0.1) is 17.2 Å². The summed E-state index contributed by atoms with van der Waals surface area (Å²) >= 11 is 0. The smallest absolute Gasteiger partial charge is 0.459 e. The van der Waals surface area contributed by atoms with E-state index >= 15 is 0 Å². The van der Waals surface area contributed by atoms with Crippen LogP contribution in [0.25, 0.3) is 11.2 Å². The van der Waals surface area contributed by atoms with E-state index in [9.17, 15) is 24.5 Å². The van der Waals surface area contributed by atoms with Crippen molar-refractivity contribution in [2.24, 2.45) is 5.92 Å². The van der Waals surface area contributed by atoms with E-state index in [1.807, 2.05) is 6.07 Å². The largest absolute Gasteiger partial charge is 0.462 e. The fourth-order valence-corrected chi connectivity index (χ4v) is 5.40. The number of aromatic amines is 1. The molecule has 1 aliphatic rings. The summed E-state index contributed by atoms with van der Waals surface area (Å²) in [5.74, 6) is -1.80. The number of imidazole rings is 1. The summed E-state index contributed by atoms with van der Waals surface area (Å²) in [5, 5.41) is 23.2. The topological polar surface area (TPSA) is 217 Å². The lowest BCUT2D eigenvalue weighted by molar-refractivity contribution is -0.149. The van der Waals surface area contributed by atoms with Gasteiger partial charge in [0.05, 0.1) is 25.1 Å². The van der Waals surface area contributed by atoms with E-state index in [1.54, 1.807) is 44.2 Å². The molecule has 3 aromatic rings. The first-order valence-electron chi connectivity index (χ1n) is 11.9. The predicted octanol–water partition coefficient (Wildman–Crippen LogP) is 1.23. The highest BCUT2D eigenvalue weighted by molar-refractivity contribution is 7.52. The van der Waals surface area contributed by atoms with Gasteiger partial charge in [0.1, 0.15) is 29.9 Å². The van der Waals surface area contributed by atoms with Crippen LogP contribution in [-0.2, 0) is 23.4 Å². The number of H-pyrrole nitrogens is 1. The molecule has 39 heavy (non-hydrogen) atoms. The first kappa shape index (κ1) is 28.2. The number of anilines is 1. The molecule has 208 valence electrons. The van der Waals surface area contributed by atoms with Gasteiger partial charge in [0.15, 0.2) is 17.4 Å². The fourth-order valence-electron chi connectivity index (χ4n) is 3.90. The number of para-hydroxylation sites is 1. The summed E-state index contributed by atoms with van der Waals surface area (Å²) in [5.41, 5.74) is 5.08. The second kappa shape index (κ2) is 11.5. The summed E-state index contributed by atoms with van der Waals surface area (Å²) < 4.78 is 37.3. The monoisotopic (exact) mass is 561 g/mol. The van der Waals surface area contributed by atoms with E-state index in [4.69, 9.17) is 24.3 Å². The first-order valence-corrected chi connectivity index (χ1v) is 13.5. The molecule has 1 aromatic carbocycles. The molecule has 15 nitrogen and oxygen atoms in total. The highest BCUT2D eigenvalue weighted by Gasteiger charge is 2.47. The molecule has 1 aliphatic heterocycles. The van der Waals surface area contributed by atoms with E-state index in [1.165, 1.54) is 17.8 Å². The minimum Gasteiger partial charge on any atom is -0.462 e. The van der Waals surface area contributed by atoms with Crippen LogP contribution in [0.4, 0.5) is 5.95 Å². The van der Waals surface area contributed by atoms with Crippen LogP contribution in [0.3, 0.4) is 0 Å². The molecule has 16 heteroatoms. The Morgan fingerprint density at radius 2 is 2.08 bits per heavy atom. The van der Waals surface area contributed by atoms with E-state index in [0.29, 0.717) is 0 Å². The Hall–Kier alpha value is -3.80. The number of aliphatic hydroxyl groups excluding tert-OH is 1. The Kier molecular flexibility index (Phi) is 8.34. The number of fused-ring (bicyclic) bond motifs is 1. The number of benzene rings is 1. The minimum absolute atomic E-state index is 0.0362. The van der Waals surface area contributed by atoms with Gasteiger partial charge in [-0.3, -0.25) is 23.7 Å². The number of nitrogen functional groups attached to an aromatic ring is 1. The first-order chi connectivity index (χ1) is 18.5. The maximum Gasteiger partial charge on any atom is 0.459 e. The van der Waals surface area contributed by atoms with Crippen molar-refractivity contribution in [3.05, 3.63) is 47.0 Å². The number of ether oxygens (including phenoxy) is 2. The molecule has 0 spiro atoms. The standard InChI is InChI=1S/C23H28N7O8P/c1-12(2)36-22(33)13(3)29-39(34,38-14-7-5-4-6-8-14)35-10-16-18(31)15(9-24)21(37-16)30-11-26-17-19(30)27-23(25)28-20(17)32/h4-8,11-13,15-16,18,21,31H,10H2,1-3H3,(H,29,34)(H3,25,27,28,32)/t13-,15-,16-,18+,21-,39+/m1/s1. The summed E-state index contributed by atoms with van der Waals surface area (Å²) in [7, 11) is -4.25. The van der Waals surface area contributed by atoms with Gasteiger partial charge in [-0.05, 0) is 32.9 Å². The fraction of sp³-hybridized carbons (Fsp3) is 0.435. The maximum atomic E-state index is 13.7. The van der Waals surface area contributed by atoms with E-state index < -0.39 is 62.4 Å². The van der Waals surface area contributed by atoms with Crippen molar-refractivity contribution in [1.29, 1.82) is 5.26 Å². The average molecular weight is 561 g/mol. The molecule has 1 fully saturated rings. The van der Waals surface area contributed by atoms with E-state index in [0.717, 1.165) is 0 Å². The molecular formula is C23H28N7O8P. The molecule has 0 unspecified atom stereocenters. The zero-order valence-electron chi connectivity index (χ0n) is 21.3. The molecule has 0 radical (unpaired) electrons. The number of esters is 1. The van der Waals surface area contributed by atoms with Gasteiger partial charge in [0.25, 0.3) is 5.56 Å². The summed E-state index contributed by atoms with van der Waals surface area (Å²) in [6.07, 6.45) is -2.85. The Balaban J connectivity index is 1.55. The SMILES string of the molecule is CC(C)OC(=O)[C@@H](C)N[P@](=O)(OC[C@H]1O[C@@H](n2cnc3c(=O)[nH]c(N)nc32)[C@H](C#N)[C@@H]1O)Oc1ccccc1. The van der Waals surface area contributed by atoms with E-state index in [2.05, 4.69) is 20.0 Å². The van der Waals surface area contributed by atoms with Gasteiger partial charge < -0.3 is 24.8 Å². The average Bonchev–Trinajstić information content (AvgIpc) is 3.43. The van der Waals surface area contributed by atoms with Crippen molar-refractivity contribution in [3.63, 3.8) is 0 Å². The molecule has 6 atom stereocenters. The molecule has 0 aliphatic carbocycles. The van der Waals surface area contributed by atoms with Crippen molar-refractivity contribution in [1.82, 2.24) is 24.6 Å². The molecule has 1 saturated heterocycles. The van der Waals surface area contributed by atoms with Gasteiger partial charge >= 0.3 is 13.7 Å². The molecule has 4 rings (SSSR count). The Morgan fingerprint density at radius 1 is 1.36 bits per heavy atom. The predicted molar refractivity (Wildman–Crippen MR) is 136 cm³/mol. The summed E-state index contributed by atoms with van der Waals surface area (Å²) in [4.78, 5) is 34.9.